The van der Waals surface area contributed by atoms with E-state index in [0.717, 1.165) is 12.3 Å². The fourth-order valence-electron chi connectivity index (χ4n) is 1.83. The summed E-state index contributed by atoms with van der Waals surface area (Å²) in [4.78, 5) is 18.6. The Balaban J connectivity index is 2.40. The van der Waals surface area contributed by atoms with Gasteiger partial charge in [0.2, 0.25) is 0 Å². The third-order valence-electron chi connectivity index (χ3n) is 3.06. The Bertz CT molecular complexity index is 520. The quantitative estimate of drug-likeness (QED) is 0.698. The second-order valence-electron chi connectivity index (χ2n) is 4.37. The van der Waals surface area contributed by atoms with Crippen LogP contribution in [0.5, 0.6) is 0 Å². The monoisotopic (exact) mass is 385 g/mol. The van der Waals surface area contributed by atoms with Crippen LogP contribution in [0.15, 0.2) is 12.3 Å². The van der Waals surface area contributed by atoms with Crippen molar-refractivity contribution in [3.63, 3.8) is 0 Å². The Morgan fingerprint density at radius 2 is 2.11 bits per heavy atom. The summed E-state index contributed by atoms with van der Waals surface area (Å²) < 4.78 is 38.5. The lowest BCUT2D eigenvalue weighted by Crippen LogP contribution is -2.31. The molecule has 19 heavy (non-hydrogen) atoms. The first-order valence-electron chi connectivity index (χ1n) is 5.49. The Labute approximate surface area is 121 Å². The van der Waals surface area contributed by atoms with Crippen molar-refractivity contribution in [3.8, 4) is 0 Å². The fraction of sp³-hybridized carbons (Fsp3) is 0.455. The van der Waals surface area contributed by atoms with Crippen LogP contribution < -0.4 is 4.90 Å². The molecule has 1 saturated heterocycles. The van der Waals surface area contributed by atoms with Crippen LogP contribution in [0.3, 0.4) is 0 Å². The minimum atomic E-state index is -4.45. The minimum Gasteiger partial charge on any atom is -0.323 e. The number of hydrogen-bond acceptors (Lipinski definition) is 2. The van der Waals surface area contributed by atoms with Crippen LogP contribution in [-0.2, 0) is 6.18 Å². The molecule has 0 spiro atoms. The second kappa shape index (κ2) is 4.80. The number of amides is 2. The molecule has 1 aliphatic rings. The zero-order valence-corrected chi connectivity index (χ0v) is 12.4. The highest BCUT2D eigenvalue weighted by Gasteiger charge is 2.37. The van der Waals surface area contributed by atoms with Crippen molar-refractivity contribution in [1.82, 2.24) is 9.88 Å². The van der Waals surface area contributed by atoms with Crippen LogP contribution in [0.1, 0.15) is 12.5 Å². The van der Waals surface area contributed by atoms with Gasteiger partial charge in [0.05, 0.1) is 5.56 Å². The van der Waals surface area contributed by atoms with E-state index in [-0.39, 0.29) is 21.5 Å². The maximum absolute atomic E-state index is 12.8. The van der Waals surface area contributed by atoms with E-state index in [0.29, 0.717) is 6.54 Å². The van der Waals surface area contributed by atoms with E-state index in [2.05, 4.69) is 4.98 Å². The molecule has 1 aromatic heterocycles. The molecule has 0 bridgehead atoms. The van der Waals surface area contributed by atoms with Gasteiger partial charge in [0.1, 0.15) is 5.82 Å². The molecule has 0 aliphatic carbocycles. The number of nitrogens with zero attached hydrogens (tertiary/aromatic N) is 3. The molecular weight excluding hydrogens is 374 g/mol. The topological polar surface area (TPSA) is 36.4 Å². The van der Waals surface area contributed by atoms with Crippen molar-refractivity contribution in [3.05, 3.63) is 21.4 Å². The number of aromatic nitrogens is 1. The number of alkyl halides is 3. The predicted molar refractivity (Wildman–Crippen MR) is 71.9 cm³/mol. The zero-order chi connectivity index (χ0) is 14.4. The van der Waals surface area contributed by atoms with Gasteiger partial charge in [-0.1, -0.05) is 0 Å². The van der Waals surface area contributed by atoms with Gasteiger partial charge in [-0.15, -0.1) is 0 Å². The van der Waals surface area contributed by atoms with Crippen molar-refractivity contribution in [1.29, 1.82) is 0 Å². The maximum atomic E-state index is 12.8. The molecule has 4 nitrogen and oxygen atoms in total. The lowest BCUT2D eigenvalue weighted by atomic mass is 10.2. The largest absolute Gasteiger partial charge is 0.417 e. The number of carbonyl (C=O) groups excluding carboxylic acids is 1. The van der Waals surface area contributed by atoms with E-state index in [1.54, 1.807) is 29.6 Å². The second-order valence-corrected chi connectivity index (χ2v) is 5.54. The average Bonchev–Trinajstić information content (AvgIpc) is 2.56. The van der Waals surface area contributed by atoms with Gasteiger partial charge in [0.25, 0.3) is 0 Å². The standard InChI is InChI=1S/C11H11F3IN3O/c1-6-5-18(10(19)17(6)2)9-3-7(11(12,13)14)8(15)4-16-9/h3-4,6H,5H2,1-2H3. The lowest BCUT2D eigenvalue weighted by molar-refractivity contribution is -0.138. The Hall–Kier alpha value is -1.06. The summed E-state index contributed by atoms with van der Waals surface area (Å²) >= 11 is 1.58. The lowest BCUT2D eigenvalue weighted by Gasteiger charge is -2.17. The van der Waals surface area contributed by atoms with E-state index in [9.17, 15) is 18.0 Å². The number of halogens is 4. The van der Waals surface area contributed by atoms with Crippen LogP contribution in [0, 0.1) is 3.57 Å². The van der Waals surface area contributed by atoms with E-state index in [1.807, 2.05) is 6.92 Å². The predicted octanol–water partition coefficient (Wildman–Crippen LogP) is 2.97. The summed E-state index contributed by atoms with van der Waals surface area (Å²) in [6, 6.07) is 0.531. The Kier molecular flexibility index (Phi) is 3.63. The molecule has 0 radical (unpaired) electrons. The molecule has 104 valence electrons. The molecule has 1 aliphatic heterocycles. The van der Waals surface area contributed by atoms with E-state index < -0.39 is 11.7 Å². The first-order chi connectivity index (χ1) is 8.71. The SMILES string of the molecule is CC1CN(c2cc(C(F)(F)F)c(I)cn2)C(=O)N1C. The number of carbonyl (C=O) groups is 1. The molecule has 1 unspecified atom stereocenters. The van der Waals surface area contributed by atoms with Gasteiger partial charge in [-0.2, -0.15) is 13.2 Å². The van der Waals surface area contributed by atoms with Crippen molar-refractivity contribution >= 4 is 34.4 Å². The Morgan fingerprint density at radius 3 is 2.58 bits per heavy atom. The summed E-state index contributed by atoms with van der Waals surface area (Å²) in [5, 5.41) is 0. The molecule has 2 amide bonds. The van der Waals surface area contributed by atoms with Crippen LogP contribution in [-0.4, -0.2) is 35.5 Å². The van der Waals surface area contributed by atoms with Gasteiger partial charge >= 0.3 is 12.2 Å². The van der Waals surface area contributed by atoms with Crippen molar-refractivity contribution in [2.24, 2.45) is 0 Å². The molecule has 1 aromatic rings. The van der Waals surface area contributed by atoms with Crippen molar-refractivity contribution in [2.75, 3.05) is 18.5 Å². The van der Waals surface area contributed by atoms with Gasteiger partial charge in [-0.05, 0) is 35.6 Å². The van der Waals surface area contributed by atoms with Gasteiger partial charge < -0.3 is 4.90 Å². The third kappa shape index (κ3) is 2.63. The fourth-order valence-corrected chi connectivity index (χ4v) is 2.43. The number of urea groups is 1. The molecule has 0 N–H and O–H groups in total. The highest BCUT2D eigenvalue weighted by atomic mass is 127. The minimum absolute atomic E-state index is 0.0156. The summed E-state index contributed by atoms with van der Waals surface area (Å²) in [7, 11) is 1.62. The average molecular weight is 385 g/mol. The molecule has 2 rings (SSSR count). The van der Waals surface area contributed by atoms with E-state index in [4.69, 9.17) is 0 Å². The summed E-state index contributed by atoms with van der Waals surface area (Å²) in [6.07, 6.45) is -3.32. The summed E-state index contributed by atoms with van der Waals surface area (Å²) in [6.45, 7) is 2.16. The van der Waals surface area contributed by atoms with Crippen molar-refractivity contribution in [2.45, 2.75) is 19.1 Å². The smallest absolute Gasteiger partial charge is 0.323 e. The molecule has 0 aromatic carbocycles. The molecule has 1 fully saturated rings. The van der Waals surface area contributed by atoms with Crippen LogP contribution in [0.2, 0.25) is 0 Å². The number of anilines is 1. The van der Waals surface area contributed by atoms with Gasteiger partial charge in [-0.3, -0.25) is 4.90 Å². The van der Waals surface area contributed by atoms with Crippen LogP contribution in [0.4, 0.5) is 23.8 Å². The van der Waals surface area contributed by atoms with Crippen LogP contribution >= 0.6 is 22.6 Å². The first-order valence-corrected chi connectivity index (χ1v) is 6.56. The van der Waals surface area contributed by atoms with Gasteiger partial charge in [0, 0.05) is 29.4 Å². The first kappa shape index (κ1) is 14.4. The number of pyridine rings is 1. The van der Waals surface area contributed by atoms with Crippen LogP contribution in [0.25, 0.3) is 0 Å². The molecule has 8 heteroatoms. The molecule has 2 heterocycles. The highest BCUT2D eigenvalue weighted by Crippen LogP contribution is 2.35. The maximum Gasteiger partial charge on any atom is 0.417 e. The summed E-state index contributed by atoms with van der Waals surface area (Å²) in [5.41, 5.74) is -0.770. The molecule has 0 saturated carbocycles. The summed E-state index contributed by atoms with van der Waals surface area (Å²) in [5.74, 6) is 0.0361. The van der Waals surface area contributed by atoms with E-state index in [1.165, 1.54) is 9.80 Å². The zero-order valence-electron chi connectivity index (χ0n) is 10.2. The highest BCUT2D eigenvalue weighted by molar-refractivity contribution is 14.1. The normalized spacial score (nSPS) is 20.3. The number of likely N-dealkylation sites (N-methyl/N-ethyl adjacent to an activating group) is 1. The molecule has 1 atom stereocenters. The van der Waals surface area contributed by atoms with E-state index >= 15 is 0 Å². The third-order valence-corrected chi connectivity index (χ3v) is 3.92. The number of rotatable bonds is 1. The Morgan fingerprint density at radius 1 is 1.47 bits per heavy atom. The number of hydrogen-bond donors (Lipinski definition) is 0. The van der Waals surface area contributed by atoms with Crippen molar-refractivity contribution < 1.29 is 18.0 Å². The van der Waals surface area contributed by atoms with Gasteiger partial charge in [-0.25, -0.2) is 9.78 Å². The molecular formula is C11H11F3IN3O. The van der Waals surface area contributed by atoms with Gasteiger partial charge in [0.15, 0.2) is 0 Å².